The number of carbonyl (C=O) groups is 2. The fourth-order valence-electron chi connectivity index (χ4n) is 17.1. The first kappa shape index (κ1) is 76.2. The van der Waals surface area contributed by atoms with Crippen molar-refractivity contribution in [2.24, 2.45) is 0 Å². The molecule has 0 radical (unpaired) electrons. The van der Waals surface area contributed by atoms with E-state index >= 15 is 0 Å². The number of rotatable bonds is 26. The molecule has 2 atom stereocenters. The minimum absolute atomic E-state index is 0.205. The summed E-state index contributed by atoms with van der Waals surface area (Å²) in [5.74, 6) is -0.672. The highest BCUT2D eigenvalue weighted by Crippen LogP contribution is 2.43. The van der Waals surface area contributed by atoms with Crippen molar-refractivity contribution in [3.05, 3.63) is 336 Å². The van der Waals surface area contributed by atoms with Crippen molar-refractivity contribution in [2.75, 3.05) is 0 Å². The van der Waals surface area contributed by atoms with Gasteiger partial charge in [0, 0.05) is 88.6 Å². The van der Waals surface area contributed by atoms with E-state index in [0.717, 1.165) is 249 Å². The van der Waals surface area contributed by atoms with Crippen LogP contribution in [0.25, 0.3) is 182 Å². The molecule has 16 bridgehead atoms. The highest BCUT2D eigenvalue weighted by atomic mass is 16.5. The van der Waals surface area contributed by atoms with Gasteiger partial charge in [-0.1, -0.05) is 258 Å². The number of hydrogen-bond donors (Lipinski definition) is 4. The van der Waals surface area contributed by atoms with Crippen molar-refractivity contribution in [1.82, 2.24) is 39.9 Å². The molecule has 4 aliphatic heterocycles. The van der Waals surface area contributed by atoms with Crippen LogP contribution in [0.3, 0.4) is 0 Å². The number of H-pyrrole nitrogens is 4. The Balaban J connectivity index is 0.561. The van der Waals surface area contributed by atoms with Crippen LogP contribution in [0.15, 0.2) is 279 Å². The summed E-state index contributed by atoms with van der Waals surface area (Å²) in [6.45, 7) is 4.22. The summed E-state index contributed by atoms with van der Waals surface area (Å²) in [6.07, 6.45) is 29.3. The molecule has 18 rings (SSSR count). The number of carbonyl (C=O) groups excluding carboxylic acids is 2. The fourth-order valence-corrected chi connectivity index (χ4v) is 17.1. The Bertz CT molecular complexity index is 6480. The predicted octanol–water partition coefficient (Wildman–Crippen LogP) is 27.8. The molecule has 12 heteroatoms. The molecule has 584 valence electrons. The van der Waals surface area contributed by atoms with Crippen LogP contribution in [0, 0.1) is 0 Å². The largest absolute Gasteiger partial charge is 0.459 e. The number of benzene rings is 8. The van der Waals surface area contributed by atoms with E-state index in [9.17, 15) is 9.59 Å². The predicted molar refractivity (Wildman–Crippen MR) is 491 cm³/mol. The quantitative estimate of drug-likeness (QED) is 0.0307. The number of nitrogens with one attached hydrogen (secondary N) is 4. The van der Waals surface area contributed by atoms with Gasteiger partial charge in [0.1, 0.15) is 6.10 Å². The molecule has 0 saturated carbocycles. The van der Waals surface area contributed by atoms with Crippen LogP contribution in [0.5, 0.6) is 0 Å². The van der Waals surface area contributed by atoms with Crippen LogP contribution in [0.4, 0.5) is 0 Å². The van der Waals surface area contributed by atoms with Gasteiger partial charge in [-0.3, -0.25) is 0 Å². The highest BCUT2D eigenvalue weighted by Gasteiger charge is 2.25. The molecule has 8 aromatic carbocycles. The molecule has 0 saturated heterocycles. The second-order valence-electron chi connectivity index (χ2n) is 31.1. The Hall–Kier alpha value is -14.1. The maximum absolute atomic E-state index is 14.5. The topological polar surface area (TPSA) is 167 Å². The van der Waals surface area contributed by atoms with E-state index in [2.05, 4.69) is 270 Å². The minimum Gasteiger partial charge on any atom is -0.459 e. The average Bonchev–Trinajstić information content (AvgIpc) is 1.62. The van der Waals surface area contributed by atoms with E-state index in [-0.39, 0.29) is 24.1 Å². The van der Waals surface area contributed by atoms with E-state index in [1.807, 2.05) is 91.9 Å². The molecule has 14 aromatic rings. The number of aromatic nitrogens is 8. The number of hydrogen-bond acceptors (Lipinski definition) is 8. The zero-order chi connectivity index (χ0) is 80.4. The van der Waals surface area contributed by atoms with Crippen molar-refractivity contribution >= 4 is 105 Å². The van der Waals surface area contributed by atoms with E-state index < -0.39 is 0 Å². The Morgan fingerprint density at radius 3 is 0.706 bits per heavy atom. The van der Waals surface area contributed by atoms with E-state index in [1.54, 1.807) is 0 Å². The fraction of sp³-hybridized carbons (Fsp3) is 0.159. The average molecular weight is 1550 g/mol. The van der Waals surface area contributed by atoms with Gasteiger partial charge in [0.15, 0.2) is 0 Å². The van der Waals surface area contributed by atoms with Crippen LogP contribution >= 0.6 is 0 Å². The number of fused-ring (bicyclic) bond motifs is 16. The number of ether oxygens (including phenoxy) is 2. The molecule has 12 nitrogen and oxygen atoms in total. The monoisotopic (exact) mass is 1550 g/mol. The molecule has 0 spiro atoms. The van der Waals surface area contributed by atoms with Crippen molar-refractivity contribution in [1.29, 1.82) is 0 Å². The molecule has 10 heterocycles. The SMILES string of the molecule is CCCCCCC[C@H](CCCCCCC[C@@H](C)OC(=O)c1ccc(-c2c3nc(c(-c4ccccc4)c4ccc([nH]4)c(-c4ccccc4)c4nc(c(-c5ccccc5)c5ccc2[nH]5)C=C4)C=C3)cc1)OC(=O)c1ccc(-c2c3nc(c(-c4ccccc4)c4ccc([nH]4)c(-c4ccccc4)c4nc(c(-c5ccccc5)c5ccc2[nH]5)C=C4)C=C3)cc1. The summed E-state index contributed by atoms with van der Waals surface area (Å²) < 4.78 is 12.7. The van der Waals surface area contributed by atoms with Gasteiger partial charge in [-0.05, 0) is 211 Å². The molecular weight excluding hydrogens is 1460 g/mol. The molecular formula is C107H92N8O4. The molecule has 6 aromatic heterocycles. The Morgan fingerprint density at radius 2 is 0.462 bits per heavy atom. The second kappa shape index (κ2) is 35.2. The first-order valence-corrected chi connectivity index (χ1v) is 42.0. The van der Waals surface area contributed by atoms with Crippen LogP contribution in [-0.4, -0.2) is 64.0 Å². The summed E-state index contributed by atoms with van der Waals surface area (Å²) in [5.41, 5.74) is 30.6. The van der Waals surface area contributed by atoms with E-state index in [0.29, 0.717) is 11.1 Å². The minimum atomic E-state index is -0.357. The van der Waals surface area contributed by atoms with E-state index in [4.69, 9.17) is 29.4 Å². The summed E-state index contributed by atoms with van der Waals surface area (Å²) in [4.78, 5) is 65.8. The van der Waals surface area contributed by atoms with Crippen LogP contribution in [0.1, 0.15) is 164 Å². The summed E-state index contributed by atoms with van der Waals surface area (Å²) in [5, 5.41) is 0. The van der Waals surface area contributed by atoms with Gasteiger partial charge in [-0.2, -0.15) is 0 Å². The smallest absolute Gasteiger partial charge is 0.338 e. The maximum Gasteiger partial charge on any atom is 0.338 e. The molecule has 4 N–H and O–H groups in total. The van der Waals surface area contributed by atoms with Gasteiger partial charge >= 0.3 is 11.9 Å². The first-order chi connectivity index (χ1) is 58.7. The summed E-state index contributed by atoms with van der Waals surface area (Å²) in [6, 6.07) is 95.3. The first-order valence-electron chi connectivity index (χ1n) is 42.0. The molecule has 0 fully saturated rings. The van der Waals surface area contributed by atoms with Crippen molar-refractivity contribution in [3.63, 3.8) is 0 Å². The zero-order valence-electron chi connectivity index (χ0n) is 66.9. The summed E-state index contributed by atoms with van der Waals surface area (Å²) >= 11 is 0. The Labute approximate surface area is 693 Å². The molecule has 4 aliphatic rings. The van der Waals surface area contributed by atoms with E-state index in [1.165, 1.54) is 12.8 Å². The standard InChI is InChI=1S/C107H92N8O4/c1-3-4-5-7-29-44-81(119-107(117)80-52-48-78(49-53-80)105-96-68-64-92(114-96)102(75-40-25-14-26-41-75)88-60-56-84(110-88)99(72-34-19-11-20-35-72)85-57-61-89(111-85)103(76-42-27-15-28-43-76)93-65-69-97(105)115-93)45-30-9-6-8-16-31-70(2)118-106(116)79-50-46-77(47-51-79)104-94-66-62-90(112-94)100(73-36-21-12-22-37-73)86-58-54-82(108-86)98(71-32-17-10-18-33-71)83-55-59-87(109-83)101(74-38-23-13-24-39-74)91-63-67-95(104)113-91/h10-15,17-28,32-43,46-70,81,108,110,113,115H,3-9,16,29-31,44-45H2,1-2H3/t70-,81-/m1/s1. The summed E-state index contributed by atoms with van der Waals surface area (Å²) in [7, 11) is 0. The molecule has 119 heavy (non-hydrogen) atoms. The van der Waals surface area contributed by atoms with Crippen LogP contribution < -0.4 is 0 Å². The van der Waals surface area contributed by atoms with Crippen molar-refractivity contribution < 1.29 is 19.1 Å². The number of nitrogens with zero attached hydrogens (tertiary/aromatic N) is 4. The third kappa shape index (κ3) is 16.6. The number of unbranched alkanes of at least 4 members (excludes halogenated alkanes) is 8. The van der Waals surface area contributed by atoms with Gasteiger partial charge in [-0.25, -0.2) is 29.5 Å². The highest BCUT2D eigenvalue weighted by molar-refractivity contribution is 6.04. The Kier molecular flexibility index (Phi) is 22.5. The van der Waals surface area contributed by atoms with Gasteiger partial charge in [0.2, 0.25) is 0 Å². The number of aromatic amines is 4. The van der Waals surface area contributed by atoms with Crippen LogP contribution in [-0.2, 0) is 9.47 Å². The molecule has 0 unspecified atom stereocenters. The third-order valence-corrected chi connectivity index (χ3v) is 23.0. The lowest BCUT2D eigenvalue weighted by Crippen LogP contribution is -2.18. The van der Waals surface area contributed by atoms with Gasteiger partial charge in [0.25, 0.3) is 0 Å². The Morgan fingerprint density at radius 1 is 0.252 bits per heavy atom. The van der Waals surface area contributed by atoms with Gasteiger partial charge < -0.3 is 29.4 Å². The van der Waals surface area contributed by atoms with Crippen molar-refractivity contribution in [3.8, 4) is 89.0 Å². The molecule has 0 amide bonds. The number of esters is 2. The second-order valence-corrected chi connectivity index (χ2v) is 31.1. The van der Waals surface area contributed by atoms with Crippen LogP contribution in [0.2, 0.25) is 0 Å². The maximum atomic E-state index is 14.5. The lowest BCUT2D eigenvalue weighted by molar-refractivity contribution is 0.0248. The zero-order valence-corrected chi connectivity index (χ0v) is 66.9. The lowest BCUT2D eigenvalue weighted by Gasteiger charge is -2.18. The lowest BCUT2D eigenvalue weighted by atomic mass is 10.0. The van der Waals surface area contributed by atoms with Gasteiger partial charge in [0.05, 0.1) is 62.8 Å². The third-order valence-electron chi connectivity index (χ3n) is 23.0. The van der Waals surface area contributed by atoms with Gasteiger partial charge in [-0.15, -0.1) is 0 Å². The van der Waals surface area contributed by atoms with Crippen molar-refractivity contribution in [2.45, 2.75) is 110 Å². The molecule has 0 aliphatic carbocycles. The normalized spacial score (nSPS) is 12.6.